The van der Waals surface area contributed by atoms with Crippen LogP contribution in [0.4, 0.5) is 18.2 Å². The Hall–Kier alpha value is -2.02. The molecule has 3 nitrogen and oxygen atoms in total. The molecule has 23 heavy (non-hydrogen) atoms. The van der Waals surface area contributed by atoms with Crippen molar-refractivity contribution in [3.63, 3.8) is 0 Å². The number of aryl methyl sites for hydroxylation is 1. The SMILES string of the molecule is Cc1nc(-c2ccc(C(F)(F)F)cc2)sc1NCC1=CCCO1. The van der Waals surface area contributed by atoms with Crippen molar-refractivity contribution in [3.05, 3.63) is 47.4 Å². The zero-order valence-electron chi connectivity index (χ0n) is 12.4. The van der Waals surface area contributed by atoms with Crippen LogP contribution in [0.2, 0.25) is 0 Å². The van der Waals surface area contributed by atoms with Crippen LogP contribution < -0.4 is 5.32 Å². The van der Waals surface area contributed by atoms with Crippen LogP contribution in [0.3, 0.4) is 0 Å². The zero-order valence-corrected chi connectivity index (χ0v) is 13.2. The number of rotatable bonds is 4. The van der Waals surface area contributed by atoms with Gasteiger partial charge < -0.3 is 10.1 Å². The van der Waals surface area contributed by atoms with Crippen LogP contribution in [0, 0.1) is 6.92 Å². The van der Waals surface area contributed by atoms with Crippen molar-refractivity contribution in [1.29, 1.82) is 0 Å². The van der Waals surface area contributed by atoms with E-state index >= 15 is 0 Å². The van der Waals surface area contributed by atoms with Gasteiger partial charge in [0.1, 0.15) is 15.8 Å². The fraction of sp³-hybridized carbons (Fsp3) is 0.312. The van der Waals surface area contributed by atoms with Crippen molar-refractivity contribution in [3.8, 4) is 10.6 Å². The Bertz CT molecular complexity index is 720. The predicted octanol–water partition coefficient (Wildman–Crippen LogP) is 4.85. The maximum absolute atomic E-state index is 12.6. The van der Waals surface area contributed by atoms with Gasteiger partial charge in [-0.3, -0.25) is 0 Å². The first-order chi connectivity index (χ1) is 10.9. The number of alkyl halides is 3. The molecule has 0 saturated heterocycles. The molecule has 0 aliphatic carbocycles. The van der Waals surface area contributed by atoms with Gasteiger partial charge in [-0.2, -0.15) is 13.2 Å². The molecular weight excluding hydrogens is 325 g/mol. The van der Waals surface area contributed by atoms with E-state index in [1.54, 1.807) is 0 Å². The summed E-state index contributed by atoms with van der Waals surface area (Å²) in [5.74, 6) is 0.911. The highest BCUT2D eigenvalue weighted by Gasteiger charge is 2.30. The number of nitrogens with one attached hydrogen (secondary N) is 1. The standard InChI is InChI=1S/C16H15F3N2OS/c1-10-14(20-9-13-3-2-8-22-13)23-15(21-10)11-4-6-12(7-5-11)16(17,18)19/h3-7,20H,2,8-9H2,1H3. The second kappa shape index (κ2) is 6.23. The summed E-state index contributed by atoms with van der Waals surface area (Å²) in [6.45, 7) is 3.18. The molecule has 1 aliphatic heterocycles. The maximum atomic E-state index is 12.6. The lowest BCUT2D eigenvalue weighted by Crippen LogP contribution is -2.04. The number of ether oxygens (including phenoxy) is 1. The molecule has 0 bridgehead atoms. The monoisotopic (exact) mass is 340 g/mol. The van der Waals surface area contributed by atoms with E-state index in [1.807, 2.05) is 13.0 Å². The van der Waals surface area contributed by atoms with Gasteiger partial charge in [-0.05, 0) is 25.1 Å². The molecule has 2 heterocycles. The average molecular weight is 340 g/mol. The van der Waals surface area contributed by atoms with Gasteiger partial charge in [-0.25, -0.2) is 4.98 Å². The highest BCUT2D eigenvalue weighted by molar-refractivity contribution is 7.19. The van der Waals surface area contributed by atoms with Crippen LogP contribution in [0.5, 0.6) is 0 Å². The number of anilines is 1. The van der Waals surface area contributed by atoms with E-state index in [0.717, 1.165) is 41.6 Å². The Kier molecular flexibility index (Phi) is 4.30. The van der Waals surface area contributed by atoms with E-state index in [2.05, 4.69) is 10.3 Å². The molecule has 0 spiro atoms. The predicted molar refractivity (Wildman–Crippen MR) is 84.4 cm³/mol. The number of aromatic nitrogens is 1. The van der Waals surface area contributed by atoms with Crippen molar-refractivity contribution < 1.29 is 17.9 Å². The summed E-state index contributed by atoms with van der Waals surface area (Å²) in [5, 5.41) is 4.86. The fourth-order valence-electron chi connectivity index (χ4n) is 2.25. The first-order valence-electron chi connectivity index (χ1n) is 7.14. The minimum atomic E-state index is -4.32. The van der Waals surface area contributed by atoms with Gasteiger partial charge in [-0.15, -0.1) is 0 Å². The number of hydrogen-bond acceptors (Lipinski definition) is 4. The molecule has 0 radical (unpaired) electrons. The normalized spacial score (nSPS) is 14.5. The van der Waals surface area contributed by atoms with Crippen LogP contribution >= 0.6 is 11.3 Å². The molecular formula is C16H15F3N2OS. The fourth-order valence-corrected chi connectivity index (χ4v) is 3.21. The molecule has 0 amide bonds. The summed E-state index contributed by atoms with van der Waals surface area (Å²) >= 11 is 1.42. The third-order valence-corrected chi connectivity index (χ3v) is 4.62. The second-order valence-electron chi connectivity index (χ2n) is 5.17. The maximum Gasteiger partial charge on any atom is 0.416 e. The Morgan fingerprint density at radius 1 is 1.26 bits per heavy atom. The van der Waals surface area contributed by atoms with E-state index in [-0.39, 0.29) is 0 Å². The highest BCUT2D eigenvalue weighted by Crippen LogP contribution is 2.34. The van der Waals surface area contributed by atoms with Gasteiger partial charge in [0.15, 0.2) is 0 Å². The van der Waals surface area contributed by atoms with Gasteiger partial charge in [-0.1, -0.05) is 23.5 Å². The number of halogens is 3. The van der Waals surface area contributed by atoms with Gasteiger partial charge in [0.05, 0.1) is 24.4 Å². The van der Waals surface area contributed by atoms with Crippen LogP contribution in [0.25, 0.3) is 10.6 Å². The number of benzene rings is 1. The Balaban J connectivity index is 1.74. The summed E-state index contributed by atoms with van der Waals surface area (Å²) in [5.41, 5.74) is 0.845. The van der Waals surface area contributed by atoms with Crippen molar-refractivity contribution in [1.82, 2.24) is 4.98 Å². The highest BCUT2D eigenvalue weighted by atomic mass is 32.1. The summed E-state index contributed by atoms with van der Waals surface area (Å²) < 4.78 is 43.2. The largest absolute Gasteiger partial charge is 0.496 e. The first kappa shape index (κ1) is 15.9. The molecule has 0 atom stereocenters. The minimum absolute atomic E-state index is 0.593. The molecule has 7 heteroatoms. The smallest absolute Gasteiger partial charge is 0.416 e. The van der Waals surface area contributed by atoms with E-state index < -0.39 is 11.7 Å². The lowest BCUT2D eigenvalue weighted by Gasteiger charge is -2.06. The Morgan fingerprint density at radius 3 is 2.61 bits per heavy atom. The van der Waals surface area contributed by atoms with E-state index in [1.165, 1.54) is 23.5 Å². The summed E-state index contributed by atoms with van der Waals surface area (Å²) in [6, 6.07) is 5.06. The van der Waals surface area contributed by atoms with E-state index in [0.29, 0.717) is 17.1 Å². The average Bonchev–Trinajstić information content (AvgIpc) is 3.14. The molecule has 1 aliphatic rings. The number of thiazole rings is 1. The second-order valence-corrected chi connectivity index (χ2v) is 6.17. The molecule has 2 aromatic rings. The lowest BCUT2D eigenvalue weighted by atomic mass is 10.1. The van der Waals surface area contributed by atoms with Crippen molar-refractivity contribution in [2.45, 2.75) is 19.5 Å². The third-order valence-electron chi connectivity index (χ3n) is 3.46. The van der Waals surface area contributed by atoms with Crippen LogP contribution in [-0.4, -0.2) is 18.1 Å². The summed E-state index contributed by atoms with van der Waals surface area (Å²) in [7, 11) is 0. The first-order valence-corrected chi connectivity index (χ1v) is 7.96. The topological polar surface area (TPSA) is 34.2 Å². The van der Waals surface area contributed by atoms with Crippen molar-refractivity contribution in [2.24, 2.45) is 0 Å². The van der Waals surface area contributed by atoms with E-state index in [9.17, 15) is 13.2 Å². The molecule has 122 valence electrons. The summed E-state index contributed by atoms with van der Waals surface area (Å²) in [4.78, 5) is 4.43. The zero-order chi connectivity index (χ0) is 16.4. The minimum Gasteiger partial charge on any atom is -0.496 e. The number of hydrogen-bond donors (Lipinski definition) is 1. The van der Waals surface area contributed by atoms with Crippen molar-refractivity contribution in [2.75, 3.05) is 18.5 Å². The third kappa shape index (κ3) is 3.67. The van der Waals surface area contributed by atoms with Crippen LogP contribution in [-0.2, 0) is 10.9 Å². The molecule has 1 aromatic carbocycles. The Labute approximate surface area is 135 Å². The Morgan fingerprint density at radius 2 is 2.00 bits per heavy atom. The molecule has 0 fully saturated rings. The van der Waals surface area contributed by atoms with Crippen LogP contribution in [0.1, 0.15) is 17.7 Å². The van der Waals surface area contributed by atoms with Crippen LogP contribution in [0.15, 0.2) is 36.1 Å². The molecule has 1 aromatic heterocycles. The number of nitrogens with zero attached hydrogens (tertiary/aromatic N) is 1. The summed E-state index contributed by atoms with van der Waals surface area (Å²) in [6.07, 6.45) is -1.35. The van der Waals surface area contributed by atoms with Gasteiger partial charge in [0.2, 0.25) is 0 Å². The van der Waals surface area contributed by atoms with Gasteiger partial charge >= 0.3 is 6.18 Å². The van der Waals surface area contributed by atoms with Gasteiger partial charge in [0, 0.05) is 12.0 Å². The quantitative estimate of drug-likeness (QED) is 0.864. The van der Waals surface area contributed by atoms with Crippen molar-refractivity contribution >= 4 is 16.3 Å². The van der Waals surface area contributed by atoms with Gasteiger partial charge in [0.25, 0.3) is 0 Å². The van der Waals surface area contributed by atoms with E-state index in [4.69, 9.17) is 4.74 Å². The molecule has 3 rings (SSSR count). The molecule has 0 unspecified atom stereocenters. The lowest BCUT2D eigenvalue weighted by molar-refractivity contribution is -0.137. The molecule has 0 saturated carbocycles. The molecule has 1 N–H and O–H groups in total.